The Labute approximate surface area is 406 Å². The van der Waals surface area contributed by atoms with Crippen molar-refractivity contribution in [2.75, 3.05) is 20.1 Å². The van der Waals surface area contributed by atoms with E-state index in [0.29, 0.717) is 92.7 Å². The van der Waals surface area contributed by atoms with E-state index in [9.17, 15) is 49.3 Å². The van der Waals surface area contributed by atoms with E-state index < -0.39 is 43.1 Å². The van der Waals surface area contributed by atoms with Crippen molar-refractivity contribution in [1.29, 1.82) is 0 Å². The number of benzene rings is 1. The first-order chi connectivity index (χ1) is 32.3. The molecule has 68 heavy (non-hydrogen) atoms. The molecule has 4 fully saturated rings. The van der Waals surface area contributed by atoms with Gasteiger partial charge in [-0.25, -0.2) is 9.59 Å². The number of aliphatic hydroxyl groups excluding tert-OH is 1. The number of nitrogens with zero attached hydrogens (tertiary/aromatic N) is 1. The predicted octanol–water partition coefficient (Wildman–Crippen LogP) is 4.98. The van der Waals surface area contributed by atoms with Crippen LogP contribution in [0.15, 0.2) is 24.3 Å². The monoisotopic (exact) mass is 952 g/mol. The van der Waals surface area contributed by atoms with Crippen LogP contribution >= 0.6 is 0 Å². The van der Waals surface area contributed by atoms with E-state index in [1.165, 1.54) is 38.5 Å². The average Bonchev–Trinajstić information content (AvgIpc) is 3.66. The standard InChI is InChI=1S/C52H86BN5O10/c1-33(2)58(32-35-13-7-8-14-42(35)53(67)68)30-12-10-16-44(49(63)64)57-48(62)43(54-6)15-9-11-29-55-46(60)24-22-45(50(65)66)56-47(61)23-17-34(3)39-20-21-40-38-19-18-36-31-37(59)25-27-51(36,4)41(38)26-28-52(39,40)5/h7-8,13-14,33-34,36-41,43-45,54,59,67-68H,9-12,15-32H2,1-6H3,(H,55,60)(H,56,61)(H,57,62)(H,63,64)(H,65,66)/t34?,36-,37-,38?,39?,40?,41?,43?,44?,45?,51+,52-/m0/s1. The van der Waals surface area contributed by atoms with Crippen molar-refractivity contribution < 1.29 is 49.3 Å². The highest BCUT2D eigenvalue weighted by molar-refractivity contribution is 6.59. The van der Waals surface area contributed by atoms with Gasteiger partial charge < -0.3 is 46.6 Å². The normalized spacial score (nSPS) is 28.3. The maximum Gasteiger partial charge on any atom is 0.488 e. The van der Waals surface area contributed by atoms with Crippen molar-refractivity contribution in [3.63, 3.8) is 0 Å². The lowest BCUT2D eigenvalue weighted by Crippen LogP contribution is -2.54. The third-order valence-electron chi connectivity index (χ3n) is 17.7. The fraction of sp³-hybridized carbons (Fsp3) is 0.788. The third-order valence-corrected chi connectivity index (χ3v) is 17.7. The van der Waals surface area contributed by atoms with Gasteiger partial charge >= 0.3 is 19.1 Å². The van der Waals surface area contributed by atoms with E-state index in [1.807, 2.05) is 26.0 Å². The van der Waals surface area contributed by atoms with Crippen LogP contribution in [0.5, 0.6) is 0 Å². The number of aliphatic hydroxyl groups is 1. The Kier molecular flexibility index (Phi) is 20.8. The molecule has 0 radical (unpaired) electrons. The van der Waals surface area contributed by atoms with Crippen LogP contribution in [0.4, 0.5) is 0 Å². The molecule has 16 heteroatoms. The number of hydrogen-bond acceptors (Lipinski definition) is 10. The maximum absolute atomic E-state index is 13.1. The molecule has 3 amide bonds. The van der Waals surface area contributed by atoms with Gasteiger partial charge in [-0.15, -0.1) is 0 Å². The lowest BCUT2D eigenvalue weighted by atomic mass is 9.44. The Morgan fingerprint density at radius 3 is 2.09 bits per heavy atom. The van der Waals surface area contributed by atoms with Gasteiger partial charge in [0.2, 0.25) is 17.7 Å². The molecule has 0 heterocycles. The van der Waals surface area contributed by atoms with E-state index >= 15 is 0 Å². The van der Waals surface area contributed by atoms with Crippen LogP contribution in [-0.2, 0) is 30.5 Å². The zero-order chi connectivity index (χ0) is 49.8. The molecule has 9 N–H and O–H groups in total. The second-order valence-electron chi connectivity index (χ2n) is 22.0. The molecule has 0 bridgehead atoms. The molecule has 1 aromatic carbocycles. The van der Waals surface area contributed by atoms with Crippen LogP contribution < -0.4 is 26.7 Å². The first-order valence-corrected chi connectivity index (χ1v) is 26.1. The fourth-order valence-electron chi connectivity index (χ4n) is 13.6. The Hall–Kier alpha value is -3.57. The van der Waals surface area contributed by atoms with Crippen molar-refractivity contribution in [3.05, 3.63) is 29.8 Å². The first kappa shape index (κ1) is 55.4. The molecule has 8 unspecified atom stereocenters. The van der Waals surface area contributed by atoms with E-state index in [-0.39, 0.29) is 55.1 Å². The summed E-state index contributed by atoms with van der Waals surface area (Å²) in [6.07, 6.45) is 14.2. The molecule has 382 valence electrons. The van der Waals surface area contributed by atoms with Gasteiger partial charge in [0.25, 0.3) is 0 Å². The number of amides is 3. The highest BCUT2D eigenvalue weighted by Gasteiger charge is 2.60. The largest absolute Gasteiger partial charge is 0.488 e. The number of fused-ring (bicyclic) bond motifs is 5. The number of carbonyl (C=O) groups is 5. The summed E-state index contributed by atoms with van der Waals surface area (Å²) in [6.45, 7) is 12.9. The molecule has 0 spiro atoms. The number of aliphatic carboxylic acids is 2. The van der Waals surface area contributed by atoms with E-state index in [4.69, 9.17) is 0 Å². The summed E-state index contributed by atoms with van der Waals surface area (Å²) in [7, 11) is 0.0675. The first-order valence-electron chi connectivity index (χ1n) is 26.1. The van der Waals surface area contributed by atoms with Crippen molar-refractivity contribution in [3.8, 4) is 0 Å². The summed E-state index contributed by atoms with van der Waals surface area (Å²) in [5, 5.41) is 60.9. The topological polar surface area (TPSA) is 238 Å². The molecule has 12 atom stereocenters. The van der Waals surface area contributed by atoms with Gasteiger partial charge in [0.15, 0.2) is 0 Å². The van der Waals surface area contributed by atoms with Crippen molar-refractivity contribution in [2.24, 2.45) is 46.3 Å². The zero-order valence-corrected chi connectivity index (χ0v) is 42.0. The number of unbranched alkanes of at least 4 members (excludes halogenated alkanes) is 2. The van der Waals surface area contributed by atoms with Gasteiger partial charge in [0.1, 0.15) is 12.1 Å². The highest BCUT2D eigenvalue weighted by atomic mass is 16.4. The smallest absolute Gasteiger partial charge is 0.480 e. The molecule has 15 nitrogen and oxygen atoms in total. The van der Waals surface area contributed by atoms with Crippen LogP contribution in [0.2, 0.25) is 0 Å². The van der Waals surface area contributed by atoms with Crippen LogP contribution in [0.25, 0.3) is 0 Å². The molecule has 1 aromatic rings. The second kappa shape index (κ2) is 25.5. The van der Waals surface area contributed by atoms with Crippen LogP contribution in [0, 0.1) is 46.3 Å². The Morgan fingerprint density at radius 2 is 1.40 bits per heavy atom. The van der Waals surface area contributed by atoms with Gasteiger partial charge in [-0.3, -0.25) is 19.3 Å². The summed E-state index contributed by atoms with van der Waals surface area (Å²) in [5.74, 6) is 0.380. The van der Waals surface area contributed by atoms with Gasteiger partial charge in [-0.05, 0) is 194 Å². The zero-order valence-electron chi connectivity index (χ0n) is 42.0. The summed E-state index contributed by atoms with van der Waals surface area (Å²) >= 11 is 0. The number of carbonyl (C=O) groups excluding carboxylic acids is 3. The van der Waals surface area contributed by atoms with Crippen molar-refractivity contribution in [2.45, 2.75) is 193 Å². The molecule has 4 aliphatic rings. The van der Waals surface area contributed by atoms with Crippen molar-refractivity contribution >= 4 is 42.2 Å². The second-order valence-corrected chi connectivity index (χ2v) is 22.0. The molecule has 4 saturated carbocycles. The number of hydrogen-bond donors (Lipinski definition) is 9. The summed E-state index contributed by atoms with van der Waals surface area (Å²) in [4.78, 5) is 65.4. The summed E-state index contributed by atoms with van der Waals surface area (Å²) in [5.41, 5.74) is 1.86. The van der Waals surface area contributed by atoms with Gasteiger partial charge in [0, 0.05) is 32.0 Å². The average molecular weight is 952 g/mol. The van der Waals surface area contributed by atoms with Crippen molar-refractivity contribution in [1.82, 2.24) is 26.2 Å². The molecule has 0 saturated heterocycles. The van der Waals surface area contributed by atoms with Crippen LogP contribution in [0.1, 0.15) is 162 Å². The summed E-state index contributed by atoms with van der Waals surface area (Å²) in [6, 6.07) is 4.47. The maximum atomic E-state index is 13.1. The third kappa shape index (κ3) is 14.3. The molecule has 4 aliphatic carbocycles. The van der Waals surface area contributed by atoms with Crippen LogP contribution in [-0.4, -0.2) is 117 Å². The van der Waals surface area contributed by atoms with E-state index in [1.54, 1.807) is 19.2 Å². The number of nitrogens with one attached hydrogen (secondary N) is 4. The number of rotatable bonds is 27. The lowest BCUT2D eigenvalue weighted by Gasteiger charge is -2.61. The number of likely N-dealkylation sites (N-methyl/N-ethyl adjacent to an activating group) is 1. The van der Waals surface area contributed by atoms with Gasteiger partial charge in [0.05, 0.1) is 12.1 Å². The van der Waals surface area contributed by atoms with E-state index in [0.717, 1.165) is 36.7 Å². The molecule has 0 aliphatic heterocycles. The van der Waals surface area contributed by atoms with Gasteiger partial charge in [-0.2, -0.15) is 0 Å². The minimum atomic E-state index is -1.57. The van der Waals surface area contributed by atoms with Gasteiger partial charge in [-0.1, -0.05) is 45.0 Å². The molecular formula is C52H86BN5O10. The molecular weight excluding hydrogens is 865 g/mol. The fourth-order valence-corrected chi connectivity index (χ4v) is 13.6. The number of carboxylic acids is 2. The van der Waals surface area contributed by atoms with E-state index in [2.05, 4.69) is 46.9 Å². The minimum absolute atomic E-state index is 0.0287. The SMILES string of the molecule is CNC(CCCCNC(=O)CCC(NC(=O)CCC(C)C1CCC2C3CC[C@H]4C[C@@H](O)CC[C@@]4(C)C3CC[C@@]12C)C(=O)O)C(=O)NC(CCCCN(Cc1ccccc1B(O)O)C(C)C)C(=O)O. The lowest BCUT2D eigenvalue weighted by molar-refractivity contribution is -0.142. The Morgan fingerprint density at radius 1 is 0.750 bits per heavy atom. The predicted molar refractivity (Wildman–Crippen MR) is 263 cm³/mol. The minimum Gasteiger partial charge on any atom is -0.480 e. The summed E-state index contributed by atoms with van der Waals surface area (Å²) < 4.78 is 0. The molecule has 0 aromatic heterocycles. The molecule has 5 rings (SSSR count). The quantitative estimate of drug-likeness (QED) is 0.0420. The number of carboxylic acid groups (broad SMARTS) is 2. The highest BCUT2D eigenvalue weighted by Crippen LogP contribution is 2.68. The van der Waals surface area contributed by atoms with Crippen LogP contribution in [0.3, 0.4) is 0 Å². The Bertz CT molecular complexity index is 1840. The Balaban J connectivity index is 0.960.